The highest BCUT2D eigenvalue weighted by atomic mass is 16.1. The summed E-state index contributed by atoms with van der Waals surface area (Å²) in [5.41, 5.74) is 1.17. The largest absolute Gasteiger partial charge is 0.295 e. The smallest absolute Gasteiger partial charge is 0.156 e. The van der Waals surface area contributed by atoms with E-state index in [1.807, 2.05) is 0 Å². The molecule has 1 heteroatoms. The molecule has 1 aliphatic carbocycles. The Morgan fingerprint density at radius 3 is 2.40 bits per heavy atom. The lowest BCUT2D eigenvalue weighted by Gasteiger charge is -2.19. The number of hydrogen-bond donors (Lipinski definition) is 0. The van der Waals surface area contributed by atoms with Crippen molar-refractivity contribution in [3.8, 4) is 0 Å². The molecule has 0 aromatic carbocycles. The van der Waals surface area contributed by atoms with Gasteiger partial charge in [-0.1, -0.05) is 19.9 Å². The molecule has 0 fully saturated rings. The van der Waals surface area contributed by atoms with Crippen molar-refractivity contribution in [2.24, 2.45) is 5.41 Å². The van der Waals surface area contributed by atoms with Gasteiger partial charge in [-0.25, -0.2) is 0 Å². The summed E-state index contributed by atoms with van der Waals surface area (Å²) in [4.78, 5) is 11.0. The van der Waals surface area contributed by atoms with Crippen molar-refractivity contribution in [1.29, 1.82) is 0 Å². The van der Waals surface area contributed by atoms with Gasteiger partial charge < -0.3 is 0 Å². The van der Waals surface area contributed by atoms with Crippen LogP contribution in [-0.2, 0) is 4.79 Å². The second kappa shape index (κ2) is 2.22. The first-order valence-corrected chi connectivity index (χ1v) is 3.75. The van der Waals surface area contributed by atoms with Crippen LogP contribution in [0, 0.1) is 5.41 Å². The topological polar surface area (TPSA) is 17.1 Å². The number of allylic oxidation sites excluding steroid dienone is 2. The summed E-state index contributed by atoms with van der Waals surface area (Å²) in [7, 11) is 0. The SMILES string of the molecule is CC(=O)C1=CCCC1(C)C. The van der Waals surface area contributed by atoms with Crippen molar-refractivity contribution in [3.63, 3.8) is 0 Å². The van der Waals surface area contributed by atoms with Crippen LogP contribution in [0.2, 0.25) is 0 Å². The molecule has 0 heterocycles. The van der Waals surface area contributed by atoms with Crippen molar-refractivity contribution >= 4 is 5.78 Å². The van der Waals surface area contributed by atoms with Crippen LogP contribution in [0.15, 0.2) is 11.6 Å². The summed E-state index contributed by atoms with van der Waals surface area (Å²) in [5.74, 6) is 0.238. The van der Waals surface area contributed by atoms with Crippen LogP contribution in [0.4, 0.5) is 0 Å². The zero-order chi connectivity index (χ0) is 7.78. The molecule has 0 unspecified atom stereocenters. The van der Waals surface area contributed by atoms with Crippen molar-refractivity contribution in [1.82, 2.24) is 0 Å². The van der Waals surface area contributed by atoms with Gasteiger partial charge in [0, 0.05) is 0 Å². The molecular formula is C9H14O. The van der Waals surface area contributed by atoms with Gasteiger partial charge in [-0.15, -0.1) is 0 Å². The van der Waals surface area contributed by atoms with Gasteiger partial charge in [0.1, 0.15) is 0 Å². The van der Waals surface area contributed by atoms with E-state index in [1.54, 1.807) is 6.92 Å². The Morgan fingerprint density at radius 2 is 2.20 bits per heavy atom. The second-order valence-electron chi connectivity index (χ2n) is 3.60. The first-order valence-electron chi connectivity index (χ1n) is 3.75. The number of Topliss-reactive ketones (excluding diaryl/α,β-unsaturated/α-hetero) is 1. The molecule has 0 spiro atoms. The Morgan fingerprint density at radius 1 is 1.60 bits per heavy atom. The minimum absolute atomic E-state index is 0.145. The van der Waals surface area contributed by atoms with E-state index in [-0.39, 0.29) is 11.2 Å². The third kappa shape index (κ3) is 1.13. The Balaban J connectivity index is 2.85. The highest BCUT2D eigenvalue weighted by Gasteiger charge is 2.29. The quantitative estimate of drug-likeness (QED) is 0.543. The number of rotatable bonds is 1. The molecule has 56 valence electrons. The van der Waals surface area contributed by atoms with Gasteiger partial charge in [-0.2, -0.15) is 0 Å². The minimum atomic E-state index is 0.145. The van der Waals surface area contributed by atoms with Crippen molar-refractivity contribution < 1.29 is 4.79 Å². The van der Waals surface area contributed by atoms with Gasteiger partial charge in [0.2, 0.25) is 0 Å². The standard InChI is InChI=1S/C9H14O/c1-7(10)8-5-4-6-9(8,2)3/h5H,4,6H2,1-3H3. The van der Waals surface area contributed by atoms with Crippen molar-refractivity contribution in [2.45, 2.75) is 33.6 Å². The maximum atomic E-state index is 11.0. The predicted molar refractivity (Wildman–Crippen MR) is 41.8 cm³/mol. The van der Waals surface area contributed by atoms with Gasteiger partial charge in [0.25, 0.3) is 0 Å². The van der Waals surface area contributed by atoms with E-state index in [2.05, 4.69) is 19.9 Å². The molecule has 0 aromatic heterocycles. The first kappa shape index (κ1) is 7.52. The highest BCUT2D eigenvalue weighted by molar-refractivity contribution is 5.94. The fourth-order valence-electron chi connectivity index (χ4n) is 1.61. The van der Waals surface area contributed by atoms with Crippen molar-refractivity contribution in [2.75, 3.05) is 0 Å². The fraction of sp³-hybridized carbons (Fsp3) is 0.667. The molecule has 0 bridgehead atoms. The summed E-state index contributed by atoms with van der Waals surface area (Å²) < 4.78 is 0. The molecule has 0 aromatic rings. The second-order valence-corrected chi connectivity index (χ2v) is 3.60. The monoisotopic (exact) mass is 138 g/mol. The Labute approximate surface area is 62.1 Å². The number of carbonyl (C=O) groups is 1. The molecule has 1 nitrogen and oxygen atoms in total. The fourth-order valence-corrected chi connectivity index (χ4v) is 1.61. The van der Waals surface area contributed by atoms with Gasteiger partial charge in [0.05, 0.1) is 0 Å². The molecule has 0 saturated heterocycles. The number of ketones is 1. The maximum absolute atomic E-state index is 11.0. The zero-order valence-electron chi connectivity index (χ0n) is 6.90. The van der Waals surface area contributed by atoms with Crippen LogP contribution >= 0.6 is 0 Å². The summed E-state index contributed by atoms with van der Waals surface area (Å²) in [6.45, 7) is 5.92. The first-order chi connectivity index (χ1) is 4.54. The average Bonchev–Trinajstić information content (AvgIpc) is 2.08. The number of hydrogen-bond acceptors (Lipinski definition) is 1. The Hall–Kier alpha value is -0.590. The third-order valence-electron chi connectivity index (χ3n) is 2.23. The van der Waals surface area contributed by atoms with E-state index in [1.165, 1.54) is 0 Å². The normalized spacial score (nSPS) is 22.5. The van der Waals surface area contributed by atoms with Crippen LogP contribution in [0.5, 0.6) is 0 Å². The highest BCUT2D eigenvalue weighted by Crippen LogP contribution is 2.37. The van der Waals surface area contributed by atoms with Gasteiger partial charge in [0.15, 0.2) is 5.78 Å². The Bertz CT molecular complexity index is 187. The van der Waals surface area contributed by atoms with E-state index < -0.39 is 0 Å². The molecular weight excluding hydrogens is 124 g/mol. The van der Waals surface area contributed by atoms with Crippen LogP contribution in [0.1, 0.15) is 33.6 Å². The molecule has 0 saturated carbocycles. The molecule has 10 heavy (non-hydrogen) atoms. The summed E-state index contributed by atoms with van der Waals surface area (Å²) in [6.07, 6.45) is 4.27. The summed E-state index contributed by atoms with van der Waals surface area (Å²) >= 11 is 0. The average molecular weight is 138 g/mol. The van der Waals surface area contributed by atoms with E-state index >= 15 is 0 Å². The summed E-state index contributed by atoms with van der Waals surface area (Å²) in [6, 6.07) is 0. The molecule has 0 aliphatic heterocycles. The van der Waals surface area contributed by atoms with Crippen LogP contribution < -0.4 is 0 Å². The van der Waals surface area contributed by atoms with E-state index in [9.17, 15) is 4.79 Å². The van der Waals surface area contributed by atoms with Crippen LogP contribution in [0.3, 0.4) is 0 Å². The lowest BCUT2D eigenvalue weighted by Crippen LogP contribution is -2.14. The third-order valence-corrected chi connectivity index (χ3v) is 2.23. The molecule has 0 radical (unpaired) electrons. The number of carbonyl (C=O) groups excluding carboxylic acids is 1. The van der Waals surface area contributed by atoms with Crippen LogP contribution in [-0.4, -0.2) is 5.78 Å². The molecule has 1 rings (SSSR count). The zero-order valence-corrected chi connectivity index (χ0v) is 6.90. The van der Waals surface area contributed by atoms with Crippen LogP contribution in [0.25, 0.3) is 0 Å². The molecule has 0 amide bonds. The molecule has 0 N–H and O–H groups in total. The van der Waals surface area contributed by atoms with Gasteiger partial charge in [-0.05, 0) is 30.8 Å². The van der Waals surface area contributed by atoms with Crippen molar-refractivity contribution in [3.05, 3.63) is 11.6 Å². The molecule has 0 atom stereocenters. The van der Waals surface area contributed by atoms with E-state index in [0.29, 0.717) is 0 Å². The maximum Gasteiger partial charge on any atom is 0.156 e. The van der Waals surface area contributed by atoms with Gasteiger partial charge in [-0.3, -0.25) is 4.79 Å². The lowest BCUT2D eigenvalue weighted by atomic mass is 9.84. The van der Waals surface area contributed by atoms with Gasteiger partial charge >= 0.3 is 0 Å². The Kier molecular flexibility index (Phi) is 1.67. The lowest BCUT2D eigenvalue weighted by molar-refractivity contribution is -0.114. The predicted octanol–water partition coefficient (Wildman–Crippen LogP) is 2.32. The molecule has 1 aliphatic rings. The summed E-state index contributed by atoms with van der Waals surface area (Å²) in [5, 5.41) is 0. The minimum Gasteiger partial charge on any atom is -0.295 e. The van der Waals surface area contributed by atoms with E-state index in [0.717, 1.165) is 18.4 Å². The van der Waals surface area contributed by atoms with E-state index in [4.69, 9.17) is 0 Å².